The summed E-state index contributed by atoms with van der Waals surface area (Å²) in [7, 11) is 1.67. The Labute approximate surface area is 122 Å². The molecule has 3 N–H and O–H groups in total. The van der Waals surface area contributed by atoms with Gasteiger partial charge in [-0.2, -0.15) is 0 Å². The van der Waals surface area contributed by atoms with Crippen LogP contribution in [-0.2, 0) is 10.2 Å². The molecule has 1 rings (SSSR count). The maximum Gasteiger partial charge on any atom is 0.188 e. The Hall–Kier alpha value is -1.55. The number of ether oxygens (including phenoxy) is 1. The third kappa shape index (κ3) is 5.21. The third-order valence-electron chi connectivity index (χ3n) is 3.26. The summed E-state index contributed by atoms with van der Waals surface area (Å²) >= 11 is 0. The summed E-state index contributed by atoms with van der Waals surface area (Å²) in [6, 6.07) is 8.68. The summed E-state index contributed by atoms with van der Waals surface area (Å²) in [4.78, 5) is 4.45. The van der Waals surface area contributed by atoms with E-state index in [9.17, 15) is 0 Å². The second-order valence-electron chi connectivity index (χ2n) is 5.96. The van der Waals surface area contributed by atoms with Crippen LogP contribution in [0, 0.1) is 6.92 Å². The Balaban J connectivity index is 2.66. The molecular weight excluding hydrogens is 250 g/mol. The zero-order valence-corrected chi connectivity index (χ0v) is 13.2. The lowest BCUT2D eigenvalue weighted by Crippen LogP contribution is -2.41. The van der Waals surface area contributed by atoms with Gasteiger partial charge in [-0.1, -0.05) is 43.7 Å². The van der Waals surface area contributed by atoms with Crippen molar-refractivity contribution in [3.05, 3.63) is 35.4 Å². The lowest BCUT2D eigenvalue weighted by Gasteiger charge is -2.24. The molecule has 0 aromatic heterocycles. The average molecular weight is 277 g/mol. The summed E-state index contributed by atoms with van der Waals surface area (Å²) in [5.74, 6) is 0.468. The fraction of sp³-hybridized carbons (Fsp3) is 0.562. The van der Waals surface area contributed by atoms with Crippen LogP contribution in [-0.4, -0.2) is 32.3 Å². The number of nitrogens with two attached hydrogens (primary N) is 1. The molecule has 1 aromatic carbocycles. The molecule has 4 nitrogen and oxygen atoms in total. The highest BCUT2D eigenvalue weighted by Crippen LogP contribution is 2.24. The highest BCUT2D eigenvalue weighted by Gasteiger charge is 2.20. The van der Waals surface area contributed by atoms with Gasteiger partial charge in [-0.15, -0.1) is 0 Å². The highest BCUT2D eigenvalue weighted by molar-refractivity contribution is 5.78. The fourth-order valence-electron chi connectivity index (χ4n) is 2.03. The van der Waals surface area contributed by atoms with E-state index in [1.54, 1.807) is 7.11 Å². The van der Waals surface area contributed by atoms with Crippen LogP contribution >= 0.6 is 0 Å². The van der Waals surface area contributed by atoms with Crippen molar-refractivity contribution in [1.82, 2.24) is 5.32 Å². The maximum absolute atomic E-state index is 5.90. The summed E-state index contributed by atoms with van der Waals surface area (Å²) in [6.45, 7) is 9.73. The first-order valence-corrected chi connectivity index (χ1v) is 6.97. The summed E-state index contributed by atoms with van der Waals surface area (Å²) in [5, 5.41) is 3.12. The lowest BCUT2D eigenvalue weighted by molar-refractivity contribution is 0.179. The van der Waals surface area contributed by atoms with Crippen molar-refractivity contribution in [2.75, 3.05) is 20.3 Å². The number of aryl methyl sites for hydroxylation is 1. The molecule has 0 spiro atoms. The first-order valence-electron chi connectivity index (χ1n) is 6.97. The number of nitrogens with zero attached hydrogens (tertiary/aromatic N) is 1. The van der Waals surface area contributed by atoms with Crippen LogP contribution in [0.1, 0.15) is 31.9 Å². The summed E-state index contributed by atoms with van der Waals surface area (Å²) < 4.78 is 5.06. The Kier molecular flexibility index (Phi) is 6.02. The standard InChI is InChI=1S/C16H27N3O/c1-12-7-6-8-14(9-12)16(3,4)11-18-15(17)19-13(2)10-20-5/h6-9,13H,10-11H2,1-5H3,(H3,17,18,19). The monoisotopic (exact) mass is 277 g/mol. The number of hydrogen-bond donors (Lipinski definition) is 2. The minimum Gasteiger partial charge on any atom is -0.383 e. The first kappa shape index (κ1) is 16.5. The molecule has 0 bridgehead atoms. The van der Waals surface area contributed by atoms with E-state index in [1.807, 2.05) is 6.92 Å². The fourth-order valence-corrected chi connectivity index (χ4v) is 2.03. The third-order valence-corrected chi connectivity index (χ3v) is 3.26. The molecule has 20 heavy (non-hydrogen) atoms. The lowest BCUT2D eigenvalue weighted by atomic mass is 9.84. The van der Waals surface area contributed by atoms with Crippen molar-refractivity contribution >= 4 is 5.96 Å². The minimum atomic E-state index is -0.0389. The van der Waals surface area contributed by atoms with E-state index in [2.05, 4.69) is 55.3 Å². The van der Waals surface area contributed by atoms with Gasteiger partial charge in [0.15, 0.2) is 5.96 Å². The molecule has 112 valence electrons. The Morgan fingerprint density at radius 1 is 1.45 bits per heavy atom. The molecule has 0 aliphatic heterocycles. The van der Waals surface area contributed by atoms with Gasteiger partial charge in [0.25, 0.3) is 0 Å². The van der Waals surface area contributed by atoms with Gasteiger partial charge < -0.3 is 15.8 Å². The summed E-state index contributed by atoms with van der Waals surface area (Å²) in [5.41, 5.74) is 8.40. The largest absolute Gasteiger partial charge is 0.383 e. The van der Waals surface area contributed by atoms with E-state index in [0.29, 0.717) is 19.1 Å². The Morgan fingerprint density at radius 3 is 2.75 bits per heavy atom. The molecule has 1 aromatic rings. The number of nitrogens with one attached hydrogen (secondary N) is 1. The second kappa shape index (κ2) is 7.29. The molecule has 4 heteroatoms. The molecule has 0 heterocycles. The predicted octanol–water partition coefficient (Wildman–Crippen LogP) is 2.21. The van der Waals surface area contributed by atoms with Crippen molar-refractivity contribution in [2.45, 2.75) is 39.2 Å². The number of aliphatic imine (C=N–C) groups is 1. The predicted molar refractivity (Wildman–Crippen MR) is 85.2 cm³/mol. The van der Waals surface area contributed by atoms with Crippen molar-refractivity contribution in [3.8, 4) is 0 Å². The van der Waals surface area contributed by atoms with Crippen LogP contribution in [0.15, 0.2) is 29.3 Å². The first-order chi connectivity index (χ1) is 9.35. The van der Waals surface area contributed by atoms with Gasteiger partial charge in [0, 0.05) is 18.6 Å². The van der Waals surface area contributed by atoms with Crippen LogP contribution in [0.3, 0.4) is 0 Å². The quantitative estimate of drug-likeness (QED) is 0.619. The SMILES string of the molecule is COCC(C)NC(N)=NCC(C)(C)c1cccc(C)c1. The van der Waals surface area contributed by atoms with Crippen LogP contribution in [0.5, 0.6) is 0 Å². The average Bonchev–Trinajstić information content (AvgIpc) is 2.37. The summed E-state index contributed by atoms with van der Waals surface area (Å²) in [6.07, 6.45) is 0. The van der Waals surface area contributed by atoms with Gasteiger partial charge >= 0.3 is 0 Å². The van der Waals surface area contributed by atoms with Crippen molar-refractivity contribution in [2.24, 2.45) is 10.7 Å². The molecule has 1 atom stereocenters. The van der Waals surface area contributed by atoms with Gasteiger partial charge in [0.05, 0.1) is 13.2 Å². The number of rotatable bonds is 6. The zero-order valence-electron chi connectivity index (χ0n) is 13.2. The van der Waals surface area contributed by atoms with Gasteiger partial charge in [-0.3, -0.25) is 4.99 Å². The van der Waals surface area contributed by atoms with Crippen LogP contribution < -0.4 is 11.1 Å². The molecule has 0 radical (unpaired) electrons. The normalized spacial score (nSPS) is 14.2. The minimum absolute atomic E-state index is 0.0389. The molecule has 0 saturated heterocycles. The van der Waals surface area contributed by atoms with Gasteiger partial charge in [0.1, 0.15) is 0 Å². The molecule has 0 saturated carbocycles. The van der Waals surface area contributed by atoms with Crippen molar-refractivity contribution in [1.29, 1.82) is 0 Å². The van der Waals surface area contributed by atoms with Crippen LogP contribution in [0.25, 0.3) is 0 Å². The van der Waals surface area contributed by atoms with E-state index < -0.39 is 0 Å². The van der Waals surface area contributed by atoms with Crippen LogP contribution in [0.4, 0.5) is 0 Å². The van der Waals surface area contributed by atoms with E-state index in [4.69, 9.17) is 10.5 Å². The second-order valence-corrected chi connectivity index (χ2v) is 5.96. The zero-order chi connectivity index (χ0) is 15.2. The van der Waals surface area contributed by atoms with Crippen molar-refractivity contribution in [3.63, 3.8) is 0 Å². The molecule has 0 aliphatic rings. The van der Waals surface area contributed by atoms with E-state index >= 15 is 0 Å². The van der Waals surface area contributed by atoms with Crippen molar-refractivity contribution < 1.29 is 4.74 Å². The topological polar surface area (TPSA) is 59.6 Å². The van der Waals surface area contributed by atoms with Gasteiger partial charge in [-0.25, -0.2) is 0 Å². The molecule has 0 fully saturated rings. The van der Waals surface area contributed by atoms with Gasteiger partial charge in [0.2, 0.25) is 0 Å². The van der Waals surface area contributed by atoms with E-state index in [-0.39, 0.29) is 11.5 Å². The molecular formula is C16H27N3O. The molecule has 0 amide bonds. The highest BCUT2D eigenvalue weighted by atomic mass is 16.5. The molecule has 1 unspecified atom stereocenters. The van der Waals surface area contributed by atoms with E-state index in [0.717, 1.165) is 0 Å². The maximum atomic E-state index is 5.90. The number of guanidine groups is 1. The smallest absolute Gasteiger partial charge is 0.188 e. The Bertz CT molecular complexity index is 455. The number of methoxy groups -OCH3 is 1. The Morgan fingerprint density at radius 2 is 2.15 bits per heavy atom. The van der Waals surface area contributed by atoms with Gasteiger partial charge in [-0.05, 0) is 19.4 Å². The van der Waals surface area contributed by atoms with Crippen LogP contribution in [0.2, 0.25) is 0 Å². The number of benzene rings is 1. The van der Waals surface area contributed by atoms with E-state index in [1.165, 1.54) is 11.1 Å². The molecule has 0 aliphatic carbocycles. The number of hydrogen-bond acceptors (Lipinski definition) is 2.